The van der Waals surface area contributed by atoms with Crippen LogP contribution in [0.5, 0.6) is 0 Å². The van der Waals surface area contributed by atoms with Gasteiger partial charge in [-0.15, -0.1) is 0 Å². The fraction of sp³-hybridized carbons (Fsp3) is 0.208. The van der Waals surface area contributed by atoms with E-state index in [1.165, 1.54) is 0 Å². The summed E-state index contributed by atoms with van der Waals surface area (Å²) < 4.78 is 2.24. The lowest BCUT2D eigenvalue weighted by atomic mass is 10.00. The van der Waals surface area contributed by atoms with Gasteiger partial charge in [-0.2, -0.15) is 0 Å². The van der Waals surface area contributed by atoms with Crippen LogP contribution in [0.4, 0.5) is 0 Å². The highest BCUT2D eigenvalue weighted by Crippen LogP contribution is 2.30. The van der Waals surface area contributed by atoms with E-state index in [4.69, 9.17) is 0 Å². The van der Waals surface area contributed by atoms with Crippen LogP contribution < -0.4 is 0 Å². The van der Waals surface area contributed by atoms with Crippen molar-refractivity contribution in [2.24, 2.45) is 5.92 Å². The first kappa shape index (κ1) is 16.6. The van der Waals surface area contributed by atoms with Crippen LogP contribution in [0.3, 0.4) is 0 Å². The van der Waals surface area contributed by atoms with Crippen molar-refractivity contribution >= 4 is 27.5 Å². The van der Waals surface area contributed by atoms with Crippen LogP contribution in [-0.2, 0) is 0 Å². The minimum Gasteiger partial charge on any atom is -0.344 e. The van der Waals surface area contributed by atoms with E-state index in [9.17, 15) is 4.79 Å². The van der Waals surface area contributed by atoms with Gasteiger partial charge in [-0.3, -0.25) is 4.79 Å². The highest BCUT2D eigenvalue weighted by atomic mass is 16.1. The molecule has 4 rings (SSSR count). The van der Waals surface area contributed by atoms with Gasteiger partial charge in [-0.05, 0) is 35.7 Å². The molecule has 0 aliphatic heterocycles. The lowest BCUT2D eigenvalue weighted by Gasteiger charge is -2.18. The number of nitrogens with zero attached hydrogens (tertiary/aromatic N) is 1. The Morgan fingerprint density at radius 2 is 1.54 bits per heavy atom. The molecule has 0 aliphatic carbocycles. The zero-order chi connectivity index (χ0) is 18.3. The highest BCUT2D eigenvalue weighted by Gasteiger charge is 2.20. The summed E-state index contributed by atoms with van der Waals surface area (Å²) in [5.41, 5.74) is 2.64. The quantitative estimate of drug-likeness (QED) is 0.403. The molecule has 4 aromatic rings. The van der Waals surface area contributed by atoms with Crippen LogP contribution >= 0.6 is 0 Å². The van der Waals surface area contributed by atoms with Crippen LogP contribution in [0.2, 0.25) is 0 Å². The van der Waals surface area contributed by atoms with Gasteiger partial charge in [-0.1, -0.05) is 68.4 Å². The molecule has 0 N–H and O–H groups in total. The third-order valence-corrected chi connectivity index (χ3v) is 5.40. The maximum Gasteiger partial charge on any atom is 0.195 e. The maximum absolute atomic E-state index is 13.3. The summed E-state index contributed by atoms with van der Waals surface area (Å²) in [6.07, 6.45) is 2.03. The predicted molar refractivity (Wildman–Crippen MR) is 109 cm³/mol. The number of rotatable bonds is 4. The largest absolute Gasteiger partial charge is 0.344 e. The standard InChI is InChI=1S/C24H23NO/c1-16(2)17(3)25-15-22(21-10-6-7-11-23(21)25)24(26)20-13-12-18-8-4-5-9-19(18)14-20/h4-17H,1-3H3/t17-/m1/s1. The van der Waals surface area contributed by atoms with Crippen LogP contribution in [0.25, 0.3) is 21.7 Å². The zero-order valence-electron chi connectivity index (χ0n) is 15.4. The molecule has 130 valence electrons. The monoisotopic (exact) mass is 341 g/mol. The van der Waals surface area contributed by atoms with Gasteiger partial charge in [-0.25, -0.2) is 0 Å². The van der Waals surface area contributed by atoms with Crippen molar-refractivity contribution in [2.75, 3.05) is 0 Å². The molecule has 3 aromatic carbocycles. The van der Waals surface area contributed by atoms with Gasteiger partial charge in [0.15, 0.2) is 5.78 Å². The van der Waals surface area contributed by atoms with E-state index in [-0.39, 0.29) is 5.78 Å². The van der Waals surface area contributed by atoms with Gasteiger partial charge in [0.25, 0.3) is 0 Å². The molecule has 1 aromatic heterocycles. The highest BCUT2D eigenvalue weighted by molar-refractivity contribution is 6.17. The van der Waals surface area contributed by atoms with E-state index in [0.717, 1.165) is 32.8 Å². The summed E-state index contributed by atoms with van der Waals surface area (Å²) in [7, 11) is 0. The Kier molecular flexibility index (Phi) is 4.12. The SMILES string of the molecule is CC(C)[C@@H](C)n1cc(C(=O)c2ccc3ccccc3c2)c2ccccc21. The van der Waals surface area contributed by atoms with Crippen molar-refractivity contribution in [2.45, 2.75) is 26.8 Å². The van der Waals surface area contributed by atoms with Gasteiger partial charge in [0.1, 0.15) is 0 Å². The molecule has 0 amide bonds. The minimum atomic E-state index is 0.0849. The van der Waals surface area contributed by atoms with Crippen molar-refractivity contribution < 1.29 is 4.79 Å². The Morgan fingerprint density at radius 1 is 0.846 bits per heavy atom. The summed E-state index contributed by atoms with van der Waals surface area (Å²) in [6.45, 7) is 6.63. The Hall–Kier alpha value is -2.87. The predicted octanol–water partition coefficient (Wildman–Crippen LogP) is 6.24. The first-order valence-corrected chi connectivity index (χ1v) is 9.19. The fourth-order valence-electron chi connectivity index (χ4n) is 3.53. The Bertz CT molecular complexity index is 1100. The van der Waals surface area contributed by atoms with Gasteiger partial charge in [0, 0.05) is 34.3 Å². The number of carbonyl (C=O) groups is 1. The summed E-state index contributed by atoms with van der Waals surface area (Å²) in [6, 6.07) is 22.6. The minimum absolute atomic E-state index is 0.0849. The van der Waals surface area contributed by atoms with Crippen molar-refractivity contribution in [3.63, 3.8) is 0 Å². The summed E-state index contributed by atoms with van der Waals surface area (Å²) >= 11 is 0. The van der Waals surface area contributed by atoms with Crippen LogP contribution in [0.1, 0.15) is 42.7 Å². The van der Waals surface area contributed by atoms with E-state index in [1.807, 2.05) is 54.7 Å². The molecule has 0 aliphatic rings. The Morgan fingerprint density at radius 3 is 2.31 bits per heavy atom. The summed E-state index contributed by atoms with van der Waals surface area (Å²) in [5, 5.41) is 3.27. The smallest absolute Gasteiger partial charge is 0.195 e. The number of hydrogen-bond donors (Lipinski definition) is 0. The topological polar surface area (TPSA) is 22.0 Å². The molecule has 0 saturated heterocycles. The molecule has 2 heteroatoms. The molecule has 1 heterocycles. The van der Waals surface area contributed by atoms with Gasteiger partial charge in [0.2, 0.25) is 0 Å². The Balaban J connectivity index is 1.86. The number of fused-ring (bicyclic) bond motifs is 2. The van der Waals surface area contributed by atoms with Crippen molar-refractivity contribution in [1.29, 1.82) is 0 Å². The van der Waals surface area contributed by atoms with Gasteiger partial charge >= 0.3 is 0 Å². The normalized spacial score (nSPS) is 12.8. The Labute approximate surface area is 154 Å². The van der Waals surface area contributed by atoms with Crippen LogP contribution in [0.15, 0.2) is 72.9 Å². The third-order valence-electron chi connectivity index (χ3n) is 5.40. The number of benzene rings is 3. The van der Waals surface area contributed by atoms with Crippen molar-refractivity contribution in [1.82, 2.24) is 4.57 Å². The number of para-hydroxylation sites is 1. The number of aromatic nitrogens is 1. The molecule has 1 atom stereocenters. The molecule has 0 saturated carbocycles. The fourth-order valence-corrected chi connectivity index (χ4v) is 3.53. The first-order valence-electron chi connectivity index (χ1n) is 9.19. The average Bonchev–Trinajstić information content (AvgIpc) is 3.06. The van der Waals surface area contributed by atoms with E-state index in [0.29, 0.717) is 12.0 Å². The first-order chi connectivity index (χ1) is 12.6. The molecular formula is C24H23NO. The van der Waals surface area contributed by atoms with E-state index in [1.54, 1.807) is 0 Å². The number of carbonyl (C=O) groups excluding carboxylic acids is 1. The molecular weight excluding hydrogens is 318 g/mol. The average molecular weight is 341 g/mol. The molecule has 0 bridgehead atoms. The number of hydrogen-bond acceptors (Lipinski definition) is 1. The van der Waals surface area contributed by atoms with E-state index >= 15 is 0 Å². The molecule has 0 fully saturated rings. The van der Waals surface area contributed by atoms with Crippen molar-refractivity contribution in [3.05, 3.63) is 84.1 Å². The van der Waals surface area contributed by atoms with E-state index in [2.05, 4.69) is 43.5 Å². The molecule has 0 unspecified atom stereocenters. The summed E-state index contributed by atoms with van der Waals surface area (Å²) in [5.74, 6) is 0.580. The molecule has 2 nitrogen and oxygen atoms in total. The lowest BCUT2D eigenvalue weighted by Crippen LogP contribution is -2.10. The van der Waals surface area contributed by atoms with Gasteiger partial charge in [0.05, 0.1) is 0 Å². The third kappa shape index (κ3) is 2.72. The second kappa shape index (κ2) is 6.45. The zero-order valence-corrected chi connectivity index (χ0v) is 15.4. The van der Waals surface area contributed by atoms with Crippen LogP contribution in [0, 0.1) is 5.92 Å². The van der Waals surface area contributed by atoms with Gasteiger partial charge < -0.3 is 4.57 Å². The molecule has 0 spiro atoms. The van der Waals surface area contributed by atoms with E-state index < -0.39 is 0 Å². The second-order valence-corrected chi connectivity index (χ2v) is 7.34. The van der Waals surface area contributed by atoms with Crippen molar-refractivity contribution in [3.8, 4) is 0 Å². The molecule has 0 radical (unpaired) electrons. The maximum atomic E-state index is 13.3. The van der Waals surface area contributed by atoms with Crippen LogP contribution in [-0.4, -0.2) is 10.4 Å². The molecule has 26 heavy (non-hydrogen) atoms. The lowest BCUT2D eigenvalue weighted by molar-refractivity contribution is 0.104. The summed E-state index contributed by atoms with van der Waals surface area (Å²) in [4.78, 5) is 13.3. The number of ketones is 1. The second-order valence-electron chi connectivity index (χ2n) is 7.34.